The molecule has 0 saturated heterocycles. The van der Waals surface area contributed by atoms with Gasteiger partial charge in [0.15, 0.2) is 0 Å². The number of aryl methyl sites for hydroxylation is 1. The van der Waals surface area contributed by atoms with Crippen molar-refractivity contribution in [3.8, 4) is 6.07 Å². The number of hydrogen-bond donors (Lipinski definition) is 1. The monoisotopic (exact) mass is 252 g/mol. The summed E-state index contributed by atoms with van der Waals surface area (Å²) in [5, 5.41) is 20.8. The topological polar surface area (TPSA) is 56.9 Å². The molecule has 1 aliphatic carbocycles. The summed E-state index contributed by atoms with van der Waals surface area (Å²) in [6.45, 7) is 1.96. The molecular weight excluding hydrogens is 236 g/mol. The number of aliphatic hydroxyl groups excluding tert-OH is 1. The van der Waals surface area contributed by atoms with Crippen molar-refractivity contribution in [1.29, 1.82) is 5.26 Å². The number of aromatic nitrogens is 1. The van der Waals surface area contributed by atoms with Crippen molar-refractivity contribution in [2.45, 2.75) is 32.3 Å². The van der Waals surface area contributed by atoms with Crippen LogP contribution in [0, 0.1) is 23.7 Å². The van der Waals surface area contributed by atoms with Gasteiger partial charge in [-0.05, 0) is 43.5 Å². The van der Waals surface area contributed by atoms with Crippen LogP contribution in [0.15, 0.2) is 30.3 Å². The lowest BCUT2D eigenvalue weighted by molar-refractivity contribution is 0.00804. The maximum atomic E-state index is 10.5. The fraction of sp³-hybridized carbons (Fsp3) is 0.375. The summed E-state index contributed by atoms with van der Waals surface area (Å²) in [6, 6.07) is 12.0. The molecule has 19 heavy (non-hydrogen) atoms. The Kier molecular flexibility index (Phi) is 2.76. The van der Waals surface area contributed by atoms with Gasteiger partial charge < -0.3 is 5.11 Å². The molecule has 3 nitrogen and oxygen atoms in total. The molecule has 2 aromatic rings. The Labute approximate surface area is 112 Å². The number of nitrogens with zero attached hydrogens (tertiary/aromatic N) is 2. The van der Waals surface area contributed by atoms with E-state index in [-0.39, 0.29) is 0 Å². The molecule has 1 fully saturated rings. The van der Waals surface area contributed by atoms with E-state index in [1.165, 1.54) is 0 Å². The molecule has 1 N–H and O–H groups in total. The van der Waals surface area contributed by atoms with Crippen molar-refractivity contribution in [3.05, 3.63) is 41.6 Å². The summed E-state index contributed by atoms with van der Waals surface area (Å²) in [6.07, 6.45) is 1.90. The number of rotatable bonds is 2. The maximum absolute atomic E-state index is 10.5. The molecule has 1 heterocycles. The van der Waals surface area contributed by atoms with E-state index in [9.17, 15) is 10.4 Å². The van der Waals surface area contributed by atoms with Crippen LogP contribution in [-0.4, -0.2) is 10.1 Å². The molecule has 3 rings (SSSR count). The van der Waals surface area contributed by atoms with Crippen LogP contribution in [0.1, 0.15) is 36.6 Å². The minimum absolute atomic E-state index is 0.578. The van der Waals surface area contributed by atoms with Crippen LogP contribution in [0.25, 0.3) is 10.9 Å². The van der Waals surface area contributed by atoms with E-state index >= 15 is 0 Å². The molecule has 1 aliphatic rings. The molecule has 0 spiro atoms. The van der Waals surface area contributed by atoms with E-state index in [2.05, 4.69) is 11.1 Å². The number of hydrogen-bond acceptors (Lipinski definition) is 3. The first-order chi connectivity index (χ1) is 9.14. The first-order valence-electron chi connectivity index (χ1n) is 6.61. The van der Waals surface area contributed by atoms with E-state index in [0.29, 0.717) is 0 Å². The second-order valence-electron chi connectivity index (χ2n) is 5.43. The zero-order valence-corrected chi connectivity index (χ0v) is 10.9. The van der Waals surface area contributed by atoms with Gasteiger partial charge in [-0.25, -0.2) is 0 Å². The molecule has 1 aromatic heterocycles. The average Bonchev–Trinajstić information content (AvgIpc) is 2.37. The highest BCUT2D eigenvalue weighted by atomic mass is 16.3. The third-order valence-corrected chi connectivity index (χ3v) is 4.16. The summed E-state index contributed by atoms with van der Waals surface area (Å²) in [4.78, 5) is 4.45. The lowest BCUT2D eigenvalue weighted by Crippen LogP contribution is -2.34. The molecule has 96 valence electrons. The van der Waals surface area contributed by atoms with Crippen molar-refractivity contribution < 1.29 is 5.11 Å². The summed E-state index contributed by atoms with van der Waals surface area (Å²) < 4.78 is 0. The van der Waals surface area contributed by atoms with Gasteiger partial charge in [-0.2, -0.15) is 5.26 Å². The van der Waals surface area contributed by atoms with Crippen LogP contribution in [0.2, 0.25) is 0 Å². The number of aliphatic hydroxyl groups is 1. The lowest BCUT2D eigenvalue weighted by atomic mass is 9.64. The largest absolute Gasteiger partial charge is 0.387 e. The van der Waals surface area contributed by atoms with Crippen LogP contribution in [-0.2, 0) is 0 Å². The lowest BCUT2D eigenvalue weighted by Gasteiger charge is -2.39. The maximum Gasteiger partial charge on any atom is 0.0976 e. The quantitative estimate of drug-likeness (QED) is 0.892. The number of pyridine rings is 1. The Balaban J connectivity index is 2.02. The second-order valence-corrected chi connectivity index (χ2v) is 5.43. The first-order valence-corrected chi connectivity index (χ1v) is 6.61. The minimum atomic E-state index is -0.697. The first kappa shape index (κ1) is 12.1. The Hall–Kier alpha value is -1.92. The normalized spacial score (nSPS) is 18.6. The van der Waals surface area contributed by atoms with Crippen molar-refractivity contribution in [2.75, 3.05) is 0 Å². The van der Waals surface area contributed by atoms with E-state index in [1.54, 1.807) is 0 Å². The van der Waals surface area contributed by atoms with Crippen molar-refractivity contribution in [1.82, 2.24) is 4.98 Å². The third kappa shape index (κ3) is 1.89. The molecule has 1 atom stereocenters. The van der Waals surface area contributed by atoms with Crippen LogP contribution >= 0.6 is 0 Å². The van der Waals surface area contributed by atoms with Crippen molar-refractivity contribution >= 4 is 10.9 Å². The Morgan fingerprint density at radius 1 is 1.32 bits per heavy atom. The van der Waals surface area contributed by atoms with Crippen LogP contribution in [0.5, 0.6) is 0 Å². The third-order valence-electron chi connectivity index (χ3n) is 4.16. The van der Waals surface area contributed by atoms with Gasteiger partial charge in [0.2, 0.25) is 0 Å². The molecule has 0 radical (unpaired) electrons. The predicted molar refractivity (Wildman–Crippen MR) is 73.3 cm³/mol. The zero-order chi connectivity index (χ0) is 13.5. The van der Waals surface area contributed by atoms with Crippen molar-refractivity contribution in [2.24, 2.45) is 5.41 Å². The standard InChI is InChI=1S/C16H16N2O/c1-11-3-4-12-9-13(5-6-14(12)18-11)15(19)16(10-17)7-2-8-16/h3-6,9,15,19H,2,7-8H2,1H3. The van der Waals surface area contributed by atoms with Gasteiger partial charge in [0, 0.05) is 11.1 Å². The molecule has 0 amide bonds. The summed E-state index contributed by atoms with van der Waals surface area (Å²) in [5.74, 6) is 0. The fourth-order valence-corrected chi connectivity index (χ4v) is 2.74. The van der Waals surface area contributed by atoms with E-state index < -0.39 is 11.5 Å². The van der Waals surface area contributed by atoms with Gasteiger partial charge in [-0.3, -0.25) is 4.98 Å². The Morgan fingerprint density at radius 2 is 2.11 bits per heavy atom. The molecule has 1 aromatic carbocycles. The summed E-state index contributed by atoms with van der Waals surface area (Å²) >= 11 is 0. The highest BCUT2D eigenvalue weighted by Crippen LogP contribution is 2.49. The second kappa shape index (κ2) is 4.32. The van der Waals surface area contributed by atoms with Gasteiger partial charge >= 0.3 is 0 Å². The van der Waals surface area contributed by atoms with E-state index in [1.807, 2.05) is 37.3 Å². The number of nitriles is 1. The van der Waals surface area contributed by atoms with Crippen LogP contribution in [0.4, 0.5) is 0 Å². The van der Waals surface area contributed by atoms with Gasteiger partial charge in [0.05, 0.1) is 23.1 Å². The van der Waals surface area contributed by atoms with Crippen molar-refractivity contribution in [3.63, 3.8) is 0 Å². The highest BCUT2D eigenvalue weighted by Gasteiger charge is 2.44. The molecule has 1 saturated carbocycles. The van der Waals surface area contributed by atoms with Crippen LogP contribution in [0.3, 0.4) is 0 Å². The average molecular weight is 252 g/mol. The molecular formula is C16H16N2O. The van der Waals surface area contributed by atoms with Gasteiger partial charge in [-0.15, -0.1) is 0 Å². The molecule has 0 bridgehead atoms. The minimum Gasteiger partial charge on any atom is -0.387 e. The van der Waals surface area contributed by atoms with Gasteiger partial charge in [0.1, 0.15) is 0 Å². The van der Waals surface area contributed by atoms with Crippen LogP contribution < -0.4 is 0 Å². The number of benzene rings is 1. The Bertz CT molecular complexity index is 668. The number of fused-ring (bicyclic) bond motifs is 1. The van der Waals surface area contributed by atoms with Gasteiger partial charge in [-0.1, -0.05) is 18.6 Å². The van der Waals surface area contributed by atoms with E-state index in [4.69, 9.17) is 0 Å². The van der Waals surface area contributed by atoms with Gasteiger partial charge in [0.25, 0.3) is 0 Å². The van der Waals surface area contributed by atoms with E-state index in [0.717, 1.165) is 41.4 Å². The molecule has 0 aliphatic heterocycles. The predicted octanol–water partition coefficient (Wildman–Crippen LogP) is 3.27. The smallest absolute Gasteiger partial charge is 0.0976 e. The summed E-state index contributed by atoms with van der Waals surface area (Å²) in [7, 11) is 0. The zero-order valence-electron chi connectivity index (χ0n) is 10.9. The molecule has 3 heteroatoms. The Morgan fingerprint density at radius 3 is 2.74 bits per heavy atom. The SMILES string of the molecule is Cc1ccc2cc(C(O)C3(C#N)CCC3)ccc2n1. The summed E-state index contributed by atoms with van der Waals surface area (Å²) in [5.41, 5.74) is 2.15. The highest BCUT2D eigenvalue weighted by molar-refractivity contribution is 5.79. The molecule has 1 unspecified atom stereocenters. The fourth-order valence-electron chi connectivity index (χ4n) is 2.74.